The molecule has 0 aliphatic carbocycles. The van der Waals surface area contributed by atoms with E-state index in [9.17, 15) is 0 Å². The molecule has 42 heavy (non-hydrogen) atoms. The monoisotopic (exact) mass is 572 g/mol. The highest BCUT2D eigenvalue weighted by Crippen LogP contribution is 2.31. The molecule has 2 saturated heterocycles. The minimum absolute atomic E-state index is 0.530. The van der Waals surface area contributed by atoms with Gasteiger partial charge in [-0.25, -0.2) is 0 Å². The highest BCUT2D eigenvalue weighted by atomic mass is 16.3. The van der Waals surface area contributed by atoms with Crippen molar-refractivity contribution in [2.75, 3.05) is 99.7 Å². The number of nitrogens with zero attached hydrogens (tertiary/aromatic N) is 5. The van der Waals surface area contributed by atoms with Crippen molar-refractivity contribution in [2.45, 2.75) is 0 Å². The second-order valence-electron chi connectivity index (χ2n) is 11.1. The van der Waals surface area contributed by atoms with E-state index in [1.807, 2.05) is 67.7 Å². The molecule has 0 radical (unpaired) electrons. The maximum atomic E-state index is 7.64. The van der Waals surface area contributed by atoms with Crippen LogP contribution in [0.25, 0.3) is 22.6 Å². The van der Waals surface area contributed by atoms with Crippen LogP contribution in [-0.4, -0.2) is 131 Å². The van der Waals surface area contributed by atoms with Gasteiger partial charge in [0.15, 0.2) is 0 Å². The molecule has 0 atom stereocenters. The van der Waals surface area contributed by atoms with Gasteiger partial charge in [-0.05, 0) is 33.3 Å². The highest BCUT2D eigenvalue weighted by Gasteiger charge is 2.16. The summed E-state index contributed by atoms with van der Waals surface area (Å²) in [5, 5.41) is 10.8. The number of furan rings is 1. The average Bonchev–Trinajstić information content (AvgIpc) is 3.52. The third-order valence-electron chi connectivity index (χ3n) is 8.02. The first-order valence-electron chi connectivity index (χ1n) is 15.0. The summed E-state index contributed by atoms with van der Waals surface area (Å²) in [6.07, 6.45) is 1.34. The van der Waals surface area contributed by atoms with Crippen molar-refractivity contribution >= 4 is 12.1 Å². The van der Waals surface area contributed by atoms with Crippen molar-refractivity contribution in [3.63, 3.8) is 0 Å². The molecule has 3 heterocycles. The van der Waals surface area contributed by atoms with Crippen LogP contribution in [0.3, 0.4) is 0 Å². The molecule has 3 aromatic rings. The first-order chi connectivity index (χ1) is 20.5. The van der Waals surface area contributed by atoms with Crippen LogP contribution < -0.4 is 11.1 Å². The summed E-state index contributed by atoms with van der Waals surface area (Å²) >= 11 is 0. The van der Waals surface area contributed by atoms with Crippen LogP contribution in [0.1, 0.15) is 11.1 Å². The Morgan fingerprint density at radius 3 is 1.98 bits per heavy atom. The maximum Gasteiger partial charge on any atom is 0.135 e. The Hall–Kier alpha value is -3.34. The zero-order valence-corrected chi connectivity index (χ0v) is 25.6. The van der Waals surface area contributed by atoms with Crippen molar-refractivity contribution in [1.29, 1.82) is 5.41 Å². The smallest absolute Gasteiger partial charge is 0.135 e. The van der Waals surface area contributed by atoms with E-state index in [2.05, 4.69) is 44.0 Å². The SMILES string of the molecule is CN1CCN(CCN=C(N)c2ccccc2-c2ccc(-c3ccccc3C=N)o2)CC1.CNCCN1CCN(C)CC1. The highest BCUT2D eigenvalue weighted by molar-refractivity contribution is 6.03. The number of nitrogens with one attached hydrogen (secondary N) is 2. The summed E-state index contributed by atoms with van der Waals surface area (Å²) in [7, 11) is 6.36. The number of piperazine rings is 2. The standard InChI is InChI=1S/C25H29N5O.C8H19N3/c1-29-14-16-30(17-15-29)13-12-28-25(27)22-9-5-4-8-21(22)24-11-10-23(31-24)20-7-3-2-6-19(20)18-26;1-9-3-4-11-7-5-10(2)6-8-11/h2-11,18,26H,12-17H2,1H3,(H2,27,28);9H,3-8H2,1-2H3. The minimum Gasteiger partial charge on any atom is -0.456 e. The third-order valence-corrected chi connectivity index (χ3v) is 8.02. The maximum absolute atomic E-state index is 7.64. The number of rotatable bonds is 10. The van der Waals surface area contributed by atoms with Gasteiger partial charge in [-0.1, -0.05) is 48.5 Å². The molecule has 1 aromatic heterocycles. The van der Waals surface area contributed by atoms with Crippen molar-refractivity contribution < 1.29 is 4.42 Å². The number of benzene rings is 2. The summed E-state index contributed by atoms with van der Waals surface area (Å²) in [5.41, 5.74) is 9.90. The Morgan fingerprint density at radius 1 is 0.810 bits per heavy atom. The van der Waals surface area contributed by atoms with Gasteiger partial charge >= 0.3 is 0 Å². The fourth-order valence-corrected chi connectivity index (χ4v) is 5.21. The molecule has 0 bridgehead atoms. The van der Waals surface area contributed by atoms with Crippen LogP contribution in [0.4, 0.5) is 0 Å². The number of aliphatic imine (C=N–C) groups is 1. The molecular formula is C33H48N8O. The van der Waals surface area contributed by atoms with Crippen LogP contribution in [0.2, 0.25) is 0 Å². The van der Waals surface area contributed by atoms with E-state index in [0.717, 1.165) is 73.0 Å². The molecule has 0 unspecified atom stereocenters. The lowest BCUT2D eigenvalue weighted by molar-refractivity contribution is 0.155. The molecular weight excluding hydrogens is 524 g/mol. The Morgan fingerprint density at radius 2 is 1.36 bits per heavy atom. The number of likely N-dealkylation sites (N-methyl/N-ethyl adjacent to an activating group) is 3. The lowest BCUT2D eigenvalue weighted by Gasteiger charge is -2.32. The molecule has 0 spiro atoms. The van der Waals surface area contributed by atoms with Crippen LogP contribution in [0.15, 0.2) is 70.1 Å². The van der Waals surface area contributed by atoms with Gasteiger partial charge in [-0.2, -0.15) is 0 Å². The summed E-state index contributed by atoms with van der Waals surface area (Å²) in [5.74, 6) is 2.00. The summed E-state index contributed by atoms with van der Waals surface area (Å²) in [4.78, 5) is 14.3. The van der Waals surface area contributed by atoms with Crippen LogP contribution >= 0.6 is 0 Å². The van der Waals surface area contributed by atoms with Crippen molar-refractivity contribution in [3.05, 3.63) is 71.8 Å². The molecule has 2 aliphatic rings. The Labute approximate surface area is 251 Å². The minimum atomic E-state index is 0.530. The Bertz CT molecular complexity index is 1270. The van der Waals surface area contributed by atoms with Crippen molar-refractivity contribution in [3.8, 4) is 22.6 Å². The second-order valence-corrected chi connectivity index (χ2v) is 11.1. The second kappa shape index (κ2) is 16.3. The number of amidine groups is 1. The van der Waals surface area contributed by atoms with Gasteiger partial charge in [0.1, 0.15) is 17.4 Å². The largest absolute Gasteiger partial charge is 0.456 e. The predicted octanol–water partition coefficient (Wildman–Crippen LogP) is 3.02. The van der Waals surface area contributed by atoms with Crippen LogP contribution in [0, 0.1) is 5.41 Å². The molecule has 0 saturated carbocycles. The van der Waals surface area contributed by atoms with Gasteiger partial charge in [-0.15, -0.1) is 0 Å². The number of nitrogens with two attached hydrogens (primary N) is 1. The van der Waals surface area contributed by atoms with Gasteiger partial charge in [0.05, 0.1) is 6.54 Å². The predicted molar refractivity (Wildman–Crippen MR) is 175 cm³/mol. The topological polar surface area (TPSA) is 100 Å². The van der Waals surface area contributed by atoms with Gasteiger partial charge in [-0.3, -0.25) is 14.8 Å². The van der Waals surface area contributed by atoms with Crippen molar-refractivity contribution in [2.24, 2.45) is 10.7 Å². The van der Waals surface area contributed by atoms with E-state index in [1.54, 1.807) is 0 Å². The van der Waals surface area contributed by atoms with Gasteiger partial charge in [0, 0.05) is 100 Å². The van der Waals surface area contributed by atoms with Crippen LogP contribution in [-0.2, 0) is 0 Å². The van der Waals surface area contributed by atoms with E-state index in [4.69, 9.17) is 15.6 Å². The van der Waals surface area contributed by atoms with E-state index in [1.165, 1.54) is 38.9 Å². The molecule has 2 aliphatic heterocycles. The zero-order valence-electron chi connectivity index (χ0n) is 25.6. The normalized spacial score (nSPS) is 17.5. The summed E-state index contributed by atoms with van der Waals surface area (Å²) in [6.45, 7) is 13.2. The first kappa shape index (κ1) is 31.6. The third kappa shape index (κ3) is 9.08. The quantitative estimate of drug-likeness (QED) is 0.254. The summed E-state index contributed by atoms with van der Waals surface area (Å²) < 4.78 is 6.17. The molecule has 0 amide bonds. The molecule has 5 rings (SSSR count). The van der Waals surface area contributed by atoms with Gasteiger partial charge in [0.2, 0.25) is 0 Å². The summed E-state index contributed by atoms with van der Waals surface area (Å²) in [6, 6.07) is 19.6. The van der Waals surface area contributed by atoms with Crippen LogP contribution in [0.5, 0.6) is 0 Å². The fraction of sp³-hybridized carbons (Fsp3) is 0.455. The van der Waals surface area contributed by atoms with E-state index >= 15 is 0 Å². The number of hydrogen-bond acceptors (Lipinski definition) is 8. The lowest BCUT2D eigenvalue weighted by Crippen LogP contribution is -2.46. The molecule has 2 fully saturated rings. The Kier molecular flexibility index (Phi) is 12.3. The zero-order chi connectivity index (χ0) is 29.7. The van der Waals surface area contributed by atoms with Crippen molar-refractivity contribution in [1.82, 2.24) is 24.9 Å². The van der Waals surface area contributed by atoms with Gasteiger partial charge in [0.25, 0.3) is 0 Å². The molecule has 9 heteroatoms. The molecule has 9 nitrogen and oxygen atoms in total. The molecule has 2 aromatic carbocycles. The van der Waals surface area contributed by atoms with Gasteiger partial charge < -0.3 is 30.7 Å². The van der Waals surface area contributed by atoms with E-state index in [0.29, 0.717) is 12.4 Å². The number of hydrogen-bond donors (Lipinski definition) is 3. The molecule has 226 valence electrons. The first-order valence-corrected chi connectivity index (χ1v) is 15.0. The van der Waals surface area contributed by atoms with E-state index in [-0.39, 0.29) is 0 Å². The Balaban J connectivity index is 0.000000310. The van der Waals surface area contributed by atoms with E-state index < -0.39 is 0 Å². The molecule has 4 N–H and O–H groups in total. The fourth-order valence-electron chi connectivity index (χ4n) is 5.21. The lowest BCUT2D eigenvalue weighted by atomic mass is 10.0. The average molecular weight is 573 g/mol.